The topological polar surface area (TPSA) is 111 Å². The van der Waals surface area contributed by atoms with Crippen LogP contribution in [0.4, 0.5) is 11.6 Å². The molecule has 4 bridgehead atoms. The van der Waals surface area contributed by atoms with E-state index < -0.39 is 6.10 Å². The van der Waals surface area contributed by atoms with Gasteiger partial charge in [0, 0.05) is 41.2 Å². The van der Waals surface area contributed by atoms with Gasteiger partial charge in [0.1, 0.15) is 16.7 Å². The smallest absolute Gasteiger partial charge is 0.265 e. The summed E-state index contributed by atoms with van der Waals surface area (Å²) < 4.78 is 2.97. The number of nitrogens with one attached hydrogen (secondary N) is 2. The molecule has 1 amide bonds. The summed E-state index contributed by atoms with van der Waals surface area (Å²) in [5, 5.41) is 23.9. The average Bonchev–Trinajstić information content (AvgIpc) is 3.27. The Bertz CT molecular complexity index is 1120. The van der Waals surface area contributed by atoms with E-state index in [0.29, 0.717) is 34.7 Å². The Morgan fingerprint density at radius 2 is 1.80 bits per heavy atom. The van der Waals surface area contributed by atoms with Crippen molar-refractivity contribution in [2.75, 3.05) is 23.4 Å². The number of aromatic nitrogens is 2. The summed E-state index contributed by atoms with van der Waals surface area (Å²) in [6.07, 6.45) is 1.42. The van der Waals surface area contributed by atoms with Crippen molar-refractivity contribution in [2.45, 2.75) is 117 Å². The Morgan fingerprint density at radius 3 is 2.44 bits per heavy atom. The minimum atomic E-state index is -0.799. The molecule has 0 radical (unpaired) electrons. The van der Waals surface area contributed by atoms with Gasteiger partial charge < -0.3 is 20.4 Å². The number of fused-ring (bicyclic) bond motifs is 6. The monoisotopic (exact) mass is 587 g/mol. The molecule has 41 heavy (non-hydrogen) atoms. The van der Waals surface area contributed by atoms with Gasteiger partial charge in [-0.25, -0.2) is 9.97 Å². The second kappa shape index (κ2) is 15.2. The van der Waals surface area contributed by atoms with Gasteiger partial charge in [-0.1, -0.05) is 61.5 Å². The summed E-state index contributed by atoms with van der Waals surface area (Å²) >= 11 is 1.18. The maximum atomic E-state index is 13.5. The summed E-state index contributed by atoms with van der Waals surface area (Å²) in [5.41, 5.74) is 1.19. The summed E-state index contributed by atoms with van der Waals surface area (Å²) in [6.45, 7) is 21.6. The van der Waals surface area contributed by atoms with Crippen LogP contribution in [-0.2, 0) is 5.41 Å². The lowest BCUT2D eigenvalue weighted by Crippen LogP contribution is -2.40. The molecule has 2 aliphatic rings. The van der Waals surface area contributed by atoms with Crippen molar-refractivity contribution in [1.82, 2.24) is 14.7 Å². The number of aliphatic hydroxyl groups is 2. The third-order valence-corrected chi connectivity index (χ3v) is 8.33. The molecule has 2 aliphatic heterocycles. The number of carbonyl (C=O) groups excluding carboxylic acids is 1. The quantitative estimate of drug-likeness (QED) is 0.304. The van der Waals surface area contributed by atoms with Gasteiger partial charge in [-0.15, -0.1) is 0 Å². The number of anilines is 2. The van der Waals surface area contributed by atoms with E-state index in [4.69, 9.17) is 4.98 Å². The zero-order valence-electron chi connectivity index (χ0n) is 26.8. The van der Waals surface area contributed by atoms with Crippen LogP contribution in [0.25, 0.3) is 0 Å². The minimum absolute atomic E-state index is 0.0558. The fraction of sp³-hybridized carbons (Fsp3) is 0.656. The predicted molar refractivity (Wildman–Crippen MR) is 172 cm³/mol. The molecule has 2 aromatic rings. The van der Waals surface area contributed by atoms with Gasteiger partial charge in [-0.05, 0) is 69.2 Å². The SMILES string of the molecule is CC.CC.CC1CC(CC(O)CO)Nc2cccc(n2)SNC(=O)c2ccc(C(C)(C)C)nc2N2CC1CC2(C)C. The molecule has 1 fully saturated rings. The Morgan fingerprint density at radius 1 is 1.12 bits per heavy atom. The van der Waals surface area contributed by atoms with Gasteiger partial charge in [0.15, 0.2) is 0 Å². The Kier molecular flexibility index (Phi) is 12.9. The lowest BCUT2D eigenvalue weighted by molar-refractivity contribution is 0.0814. The van der Waals surface area contributed by atoms with Crippen LogP contribution in [-0.4, -0.2) is 56.9 Å². The summed E-state index contributed by atoms with van der Waals surface area (Å²) in [6, 6.07) is 9.44. The maximum absolute atomic E-state index is 13.5. The zero-order chi connectivity index (χ0) is 31.0. The third kappa shape index (κ3) is 9.06. The largest absolute Gasteiger partial charge is 0.394 e. The van der Waals surface area contributed by atoms with Gasteiger partial charge in [-0.2, -0.15) is 0 Å². The third-order valence-electron chi connectivity index (χ3n) is 7.61. The van der Waals surface area contributed by atoms with Gasteiger partial charge in [-0.3, -0.25) is 9.52 Å². The Hall–Kier alpha value is -2.36. The fourth-order valence-corrected chi connectivity index (χ4v) is 6.07. The van der Waals surface area contributed by atoms with Crippen molar-refractivity contribution in [3.8, 4) is 0 Å². The molecule has 0 saturated carbocycles. The van der Waals surface area contributed by atoms with Crippen LogP contribution in [0.5, 0.6) is 0 Å². The molecule has 4 heterocycles. The van der Waals surface area contributed by atoms with Crippen LogP contribution < -0.4 is 14.9 Å². The number of hydrogen-bond acceptors (Lipinski definition) is 8. The first-order valence-electron chi connectivity index (χ1n) is 15.2. The van der Waals surface area contributed by atoms with E-state index in [0.717, 1.165) is 30.9 Å². The first kappa shape index (κ1) is 34.8. The Balaban J connectivity index is 0.00000141. The highest BCUT2D eigenvalue weighted by Gasteiger charge is 2.43. The number of amides is 1. The lowest BCUT2D eigenvalue weighted by atomic mass is 9.83. The van der Waals surface area contributed by atoms with E-state index in [-0.39, 0.29) is 29.5 Å². The fourth-order valence-electron chi connectivity index (χ4n) is 5.47. The van der Waals surface area contributed by atoms with Gasteiger partial charge in [0.2, 0.25) is 0 Å². The molecule has 4 unspecified atom stereocenters. The second-order valence-electron chi connectivity index (χ2n) is 12.2. The van der Waals surface area contributed by atoms with Crippen molar-refractivity contribution in [2.24, 2.45) is 11.8 Å². The molecule has 230 valence electrons. The molecule has 0 aromatic carbocycles. The molecule has 9 heteroatoms. The van der Waals surface area contributed by atoms with Crippen LogP contribution in [0, 0.1) is 11.8 Å². The first-order chi connectivity index (χ1) is 19.4. The maximum Gasteiger partial charge on any atom is 0.265 e. The lowest BCUT2D eigenvalue weighted by Gasteiger charge is -2.34. The second-order valence-corrected chi connectivity index (χ2v) is 13.1. The van der Waals surface area contributed by atoms with Crippen LogP contribution in [0.2, 0.25) is 0 Å². The van der Waals surface area contributed by atoms with E-state index in [2.05, 4.69) is 61.5 Å². The standard InChI is InChI=1S/C28H41N5O3S.2C2H6/c1-17-12-19(13-20(35)16-34)29-23-8-7-9-24(31-23)37-32-26(36)21-10-11-22(27(2,3)4)30-25(21)33-15-18(17)14-28(33,5)6;2*1-2/h7-11,17-20,34-35H,12-16H2,1-6H3,(H,29,31)(H,32,36);2*1-2H3. The van der Waals surface area contributed by atoms with Crippen LogP contribution >= 0.6 is 11.9 Å². The summed E-state index contributed by atoms with van der Waals surface area (Å²) in [5.74, 6) is 1.92. The van der Waals surface area contributed by atoms with E-state index in [9.17, 15) is 15.0 Å². The molecular weight excluding hydrogens is 534 g/mol. The number of hydrogen-bond donors (Lipinski definition) is 4. The molecule has 8 nitrogen and oxygen atoms in total. The number of carbonyl (C=O) groups is 1. The van der Waals surface area contributed by atoms with Gasteiger partial charge in [0.05, 0.1) is 18.3 Å². The Labute approximate surface area is 252 Å². The predicted octanol–water partition coefficient (Wildman–Crippen LogP) is 6.43. The van der Waals surface area contributed by atoms with Crippen molar-refractivity contribution >= 4 is 29.5 Å². The van der Waals surface area contributed by atoms with Crippen LogP contribution in [0.3, 0.4) is 0 Å². The van der Waals surface area contributed by atoms with Crippen LogP contribution in [0.1, 0.15) is 105 Å². The molecule has 4 rings (SSSR count). The highest BCUT2D eigenvalue weighted by atomic mass is 32.2. The molecule has 4 N–H and O–H groups in total. The minimum Gasteiger partial charge on any atom is -0.394 e. The molecular formula is C32H53N5O3S. The van der Waals surface area contributed by atoms with Gasteiger partial charge >= 0.3 is 0 Å². The van der Waals surface area contributed by atoms with E-state index >= 15 is 0 Å². The van der Waals surface area contributed by atoms with Crippen LogP contribution in [0.15, 0.2) is 35.4 Å². The highest BCUT2D eigenvalue weighted by Crippen LogP contribution is 2.42. The summed E-state index contributed by atoms with van der Waals surface area (Å²) in [7, 11) is 0. The average molecular weight is 588 g/mol. The number of pyridine rings is 2. The van der Waals surface area contributed by atoms with Crippen molar-refractivity contribution < 1.29 is 15.0 Å². The number of nitrogens with zero attached hydrogens (tertiary/aromatic N) is 3. The van der Waals surface area contributed by atoms with Gasteiger partial charge in [0.25, 0.3) is 5.91 Å². The molecule has 0 aliphatic carbocycles. The molecule has 1 saturated heterocycles. The molecule has 2 aromatic heterocycles. The van der Waals surface area contributed by atoms with E-state index in [1.807, 2.05) is 58.0 Å². The summed E-state index contributed by atoms with van der Waals surface area (Å²) in [4.78, 5) is 25.5. The normalized spacial score (nSPS) is 22.7. The molecule has 0 spiro atoms. The molecule has 4 atom stereocenters. The zero-order valence-corrected chi connectivity index (χ0v) is 27.6. The van der Waals surface area contributed by atoms with E-state index in [1.54, 1.807) is 0 Å². The van der Waals surface area contributed by atoms with E-state index in [1.165, 1.54) is 11.9 Å². The highest BCUT2D eigenvalue weighted by molar-refractivity contribution is 7.97. The first-order valence-corrected chi connectivity index (χ1v) is 16.0. The van der Waals surface area contributed by atoms with Crippen molar-refractivity contribution in [3.05, 3.63) is 41.6 Å². The number of aliphatic hydroxyl groups excluding tert-OH is 2. The number of rotatable bonds is 3. The van der Waals surface area contributed by atoms with Crippen molar-refractivity contribution in [1.29, 1.82) is 0 Å². The van der Waals surface area contributed by atoms with Crippen molar-refractivity contribution in [3.63, 3.8) is 0 Å².